The van der Waals surface area contributed by atoms with Gasteiger partial charge in [0.25, 0.3) is 0 Å². The van der Waals surface area contributed by atoms with Crippen molar-refractivity contribution in [3.05, 3.63) is 77.9 Å². The second-order valence-corrected chi connectivity index (χ2v) is 7.76. The smallest absolute Gasteiger partial charge is 0.414 e. The lowest BCUT2D eigenvalue weighted by Gasteiger charge is -2.21. The highest BCUT2D eigenvalue weighted by Crippen LogP contribution is 2.34. The molecule has 0 saturated carbocycles. The molecule has 3 atom stereocenters. The molecular formula is C24H24FN3O4. The summed E-state index contributed by atoms with van der Waals surface area (Å²) in [5, 5.41) is 5.68. The van der Waals surface area contributed by atoms with Crippen molar-refractivity contribution in [2.24, 2.45) is 0 Å². The van der Waals surface area contributed by atoms with Crippen molar-refractivity contribution >= 4 is 23.5 Å². The highest BCUT2D eigenvalue weighted by atomic mass is 19.1. The van der Waals surface area contributed by atoms with E-state index in [0.29, 0.717) is 24.3 Å². The Labute approximate surface area is 185 Å². The molecule has 2 aromatic carbocycles. The van der Waals surface area contributed by atoms with E-state index in [4.69, 9.17) is 4.74 Å². The Morgan fingerprint density at radius 3 is 2.59 bits per heavy atom. The number of anilines is 1. The number of allylic oxidation sites excluding steroid dienone is 1. The molecule has 2 amide bonds. The van der Waals surface area contributed by atoms with Gasteiger partial charge < -0.3 is 15.4 Å². The third-order valence-electron chi connectivity index (χ3n) is 5.59. The van der Waals surface area contributed by atoms with E-state index >= 15 is 0 Å². The highest BCUT2D eigenvalue weighted by molar-refractivity contribution is 6.07. The molecule has 2 aromatic rings. The first-order valence-corrected chi connectivity index (χ1v) is 10.5. The van der Waals surface area contributed by atoms with Crippen LogP contribution in [-0.4, -0.2) is 56.2 Å². The van der Waals surface area contributed by atoms with Gasteiger partial charge in [-0.15, -0.1) is 0 Å². The number of halogens is 1. The van der Waals surface area contributed by atoms with E-state index in [0.717, 1.165) is 11.6 Å². The van der Waals surface area contributed by atoms with Gasteiger partial charge in [-0.1, -0.05) is 48.5 Å². The topological polar surface area (TPSA) is 87.7 Å². The number of carbonyl (C=O) groups excluding carboxylic acids is 3. The number of rotatable bonds is 7. The number of cyclic esters (lactones) is 1. The molecule has 7 nitrogen and oxygen atoms in total. The minimum Gasteiger partial charge on any atom is -0.442 e. The molecule has 2 fully saturated rings. The van der Waals surface area contributed by atoms with Crippen LogP contribution in [0.15, 0.2) is 66.7 Å². The Hall–Kier alpha value is -3.52. The van der Waals surface area contributed by atoms with Gasteiger partial charge in [-0.05, 0) is 17.7 Å². The van der Waals surface area contributed by atoms with Crippen LogP contribution >= 0.6 is 0 Å². The summed E-state index contributed by atoms with van der Waals surface area (Å²) in [5.41, 5.74) is 1.87. The lowest BCUT2D eigenvalue weighted by molar-refractivity contribution is -0.116. The van der Waals surface area contributed by atoms with E-state index in [1.54, 1.807) is 42.5 Å². The van der Waals surface area contributed by atoms with E-state index in [2.05, 4.69) is 10.6 Å². The summed E-state index contributed by atoms with van der Waals surface area (Å²) in [6, 6.07) is 15.9. The second-order valence-electron chi connectivity index (χ2n) is 7.76. The van der Waals surface area contributed by atoms with Crippen LogP contribution in [0, 0.1) is 0 Å². The number of alkyl halides is 1. The number of amides is 2. The zero-order valence-corrected chi connectivity index (χ0v) is 17.4. The fourth-order valence-corrected chi connectivity index (χ4v) is 3.95. The van der Waals surface area contributed by atoms with Crippen LogP contribution < -0.4 is 15.5 Å². The standard InChI is InChI=1S/C24H24FN3O4/c25-20-14-26-13-19(20)18-8-4-5-9-21(18)28-15-17(32-24(28)31)12-27-23(30)11-10-22(29)16-6-2-1-3-7-16/h1-11,17,19-20,26H,12-15H2,(H,27,30)/t17?,19?,20-/m1/s1. The fourth-order valence-electron chi connectivity index (χ4n) is 3.95. The van der Waals surface area contributed by atoms with Crippen molar-refractivity contribution in [2.45, 2.75) is 18.2 Å². The summed E-state index contributed by atoms with van der Waals surface area (Å²) in [7, 11) is 0. The first-order chi connectivity index (χ1) is 15.5. The molecule has 0 spiro atoms. The predicted molar refractivity (Wildman–Crippen MR) is 117 cm³/mol. The van der Waals surface area contributed by atoms with Gasteiger partial charge in [0, 0.05) is 30.6 Å². The SMILES string of the molecule is O=C(C=CC(=O)c1ccccc1)NCC1CN(c2ccccc2C2CNC[C@H]2F)C(=O)O1. The molecular weight excluding hydrogens is 413 g/mol. The largest absolute Gasteiger partial charge is 0.442 e. The van der Waals surface area contributed by atoms with E-state index < -0.39 is 24.3 Å². The Morgan fingerprint density at radius 1 is 1.09 bits per heavy atom. The van der Waals surface area contributed by atoms with Crippen LogP contribution in [-0.2, 0) is 9.53 Å². The van der Waals surface area contributed by atoms with E-state index in [-0.39, 0.29) is 24.8 Å². The molecule has 2 unspecified atom stereocenters. The summed E-state index contributed by atoms with van der Waals surface area (Å²) in [4.78, 5) is 38.1. The summed E-state index contributed by atoms with van der Waals surface area (Å²) in [6.45, 7) is 1.14. The number of benzene rings is 2. The van der Waals surface area contributed by atoms with E-state index in [1.165, 1.54) is 11.0 Å². The van der Waals surface area contributed by atoms with E-state index in [9.17, 15) is 18.8 Å². The van der Waals surface area contributed by atoms with Gasteiger partial charge in [0.2, 0.25) is 5.91 Å². The number of ether oxygens (including phenoxy) is 1. The quantitative estimate of drug-likeness (QED) is 0.514. The van der Waals surface area contributed by atoms with Gasteiger partial charge in [0.1, 0.15) is 12.3 Å². The maximum absolute atomic E-state index is 14.3. The molecule has 2 saturated heterocycles. The number of hydrogen-bond acceptors (Lipinski definition) is 5. The summed E-state index contributed by atoms with van der Waals surface area (Å²) < 4.78 is 19.7. The number of para-hydroxylation sites is 1. The van der Waals surface area contributed by atoms with Gasteiger partial charge in [-0.2, -0.15) is 0 Å². The van der Waals surface area contributed by atoms with E-state index in [1.807, 2.05) is 12.1 Å². The number of ketones is 1. The van der Waals surface area contributed by atoms with Gasteiger partial charge in [-0.3, -0.25) is 14.5 Å². The van der Waals surface area contributed by atoms with Crippen LogP contribution in [0.25, 0.3) is 0 Å². The van der Waals surface area contributed by atoms with Crippen LogP contribution in [0.2, 0.25) is 0 Å². The lowest BCUT2D eigenvalue weighted by atomic mass is 9.95. The monoisotopic (exact) mass is 437 g/mol. The van der Waals surface area contributed by atoms with Crippen LogP contribution in [0.5, 0.6) is 0 Å². The number of hydrogen-bond donors (Lipinski definition) is 2. The van der Waals surface area contributed by atoms with Crippen molar-refractivity contribution in [3.63, 3.8) is 0 Å². The summed E-state index contributed by atoms with van der Waals surface area (Å²) in [5.74, 6) is -1.06. The Morgan fingerprint density at radius 2 is 1.84 bits per heavy atom. The maximum Gasteiger partial charge on any atom is 0.414 e. The third-order valence-corrected chi connectivity index (χ3v) is 5.59. The van der Waals surface area contributed by atoms with Crippen LogP contribution in [0.4, 0.5) is 14.9 Å². The molecule has 0 aliphatic carbocycles. The third kappa shape index (κ3) is 4.86. The Kier molecular flexibility index (Phi) is 6.61. The average Bonchev–Trinajstić information content (AvgIpc) is 3.41. The molecule has 2 aliphatic rings. The zero-order valence-electron chi connectivity index (χ0n) is 17.4. The molecule has 8 heteroatoms. The van der Waals surface area contributed by atoms with Gasteiger partial charge >= 0.3 is 6.09 Å². The summed E-state index contributed by atoms with van der Waals surface area (Å²) in [6.07, 6.45) is 0.258. The Balaban J connectivity index is 1.34. The average molecular weight is 437 g/mol. The fraction of sp³-hybridized carbons (Fsp3) is 0.292. The van der Waals surface area contributed by atoms with Crippen molar-refractivity contribution in [1.82, 2.24) is 10.6 Å². The minimum atomic E-state index is -1.02. The van der Waals surface area contributed by atoms with Gasteiger partial charge in [-0.25, -0.2) is 9.18 Å². The maximum atomic E-state index is 14.3. The minimum absolute atomic E-state index is 0.101. The van der Waals surface area contributed by atoms with Crippen molar-refractivity contribution in [1.29, 1.82) is 0 Å². The molecule has 2 aliphatic heterocycles. The molecule has 166 valence electrons. The normalized spacial score (nSPS) is 22.8. The van der Waals surface area contributed by atoms with Gasteiger partial charge in [0.05, 0.1) is 18.8 Å². The second kappa shape index (κ2) is 9.74. The van der Waals surface area contributed by atoms with Crippen molar-refractivity contribution in [2.75, 3.05) is 31.1 Å². The number of nitrogens with zero attached hydrogens (tertiary/aromatic N) is 1. The molecule has 32 heavy (non-hydrogen) atoms. The highest BCUT2D eigenvalue weighted by Gasteiger charge is 2.37. The Bertz CT molecular complexity index is 1030. The first-order valence-electron chi connectivity index (χ1n) is 10.5. The van der Waals surface area contributed by atoms with Gasteiger partial charge in [0.15, 0.2) is 5.78 Å². The van der Waals surface area contributed by atoms with Crippen LogP contribution in [0.1, 0.15) is 21.8 Å². The predicted octanol–water partition coefficient (Wildman–Crippen LogP) is 2.59. The summed E-state index contributed by atoms with van der Waals surface area (Å²) >= 11 is 0. The lowest BCUT2D eigenvalue weighted by Crippen LogP contribution is -2.34. The van der Waals surface area contributed by atoms with Crippen LogP contribution in [0.3, 0.4) is 0 Å². The number of carbonyl (C=O) groups is 3. The molecule has 4 rings (SSSR count). The zero-order chi connectivity index (χ0) is 22.5. The van der Waals surface area contributed by atoms with Crippen molar-refractivity contribution < 1.29 is 23.5 Å². The molecule has 0 bridgehead atoms. The first kappa shape index (κ1) is 21.7. The van der Waals surface area contributed by atoms with Crippen molar-refractivity contribution in [3.8, 4) is 0 Å². The molecule has 2 heterocycles. The molecule has 0 radical (unpaired) electrons. The molecule has 0 aromatic heterocycles. The number of nitrogens with one attached hydrogen (secondary N) is 2. The molecule has 2 N–H and O–H groups in total.